The van der Waals surface area contributed by atoms with Crippen molar-refractivity contribution < 1.29 is 0 Å². The topological polar surface area (TPSA) is 12.4 Å². The number of aliphatic imine (C=N–C) groups is 1. The first-order valence-corrected chi connectivity index (χ1v) is 4.91. The molecule has 0 saturated carbocycles. The van der Waals surface area contributed by atoms with Gasteiger partial charge in [-0.15, -0.1) is 0 Å². The Labute approximate surface area is 86.2 Å². The summed E-state index contributed by atoms with van der Waals surface area (Å²) in [6, 6.07) is 0. The maximum Gasteiger partial charge on any atom is 0.0342 e. The summed E-state index contributed by atoms with van der Waals surface area (Å²) in [5, 5.41) is 0. The first kappa shape index (κ1) is 10.7. The summed E-state index contributed by atoms with van der Waals surface area (Å²) in [4.78, 5) is 4.22. The van der Waals surface area contributed by atoms with E-state index in [1.54, 1.807) is 0 Å². The van der Waals surface area contributed by atoms with Gasteiger partial charge in [-0.3, -0.25) is 4.99 Å². The van der Waals surface area contributed by atoms with Gasteiger partial charge in [0.25, 0.3) is 0 Å². The zero-order valence-corrected chi connectivity index (χ0v) is 8.96. The van der Waals surface area contributed by atoms with Crippen molar-refractivity contribution in [2.24, 2.45) is 4.99 Å². The van der Waals surface area contributed by atoms with Crippen molar-refractivity contribution in [3.05, 3.63) is 47.7 Å². The Morgan fingerprint density at radius 1 is 1.43 bits per heavy atom. The molecule has 0 aromatic rings. The molecule has 1 heteroatoms. The Hall–Kier alpha value is -1.37. The second-order valence-electron chi connectivity index (χ2n) is 3.54. The minimum atomic E-state index is 0.844. The third-order valence-corrected chi connectivity index (χ3v) is 2.08. The minimum Gasteiger partial charge on any atom is -0.262 e. The van der Waals surface area contributed by atoms with Crippen molar-refractivity contribution in [2.45, 2.75) is 26.7 Å². The predicted octanol–water partition coefficient (Wildman–Crippen LogP) is 3.81. The molecule has 0 amide bonds. The monoisotopic (exact) mass is 187 g/mol. The molecule has 1 nitrogen and oxygen atoms in total. The molecule has 1 aliphatic rings. The van der Waals surface area contributed by atoms with Gasteiger partial charge >= 0.3 is 0 Å². The van der Waals surface area contributed by atoms with Gasteiger partial charge in [-0.1, -0.05) is 36.5 Å². The average molecular weight is 187 g/mol. The summed E-state index contributed by atoms with van der Waals surface area (Å²) in [6.45, 7) is 7.79. The van der Waals surface area contributed by atoms with Crippen LogP contribution >= 0.6 is 0 Å². The lowest BCUT2D eigenvalue weighted by atomic mass is 10.0. The highest BCUT2D eigenvalue weighted by molar-refractivity contribution is 5.84. The molecule has 0 unspecified atom stereocenters. The van der Waals surface area contributed by atoms with Crippen LogP contribution in [-0.2, 0) is 0 Å². The smallest absolute Gasteiger partial charge is 0.0342 e. The molecule has 0 fully saturated rings. The van der Waals surface area contributed by atoms with Crippen LogP contribution in [0.5, 0.6) is 0 Å². The minimum absolute atomic E-state index is 0.844. The second kappa shape index (κ2) is 5.38. The lowest BCUT2D eigenvalue weighted by molar-refractivity contribution is 1.16. The number of allylic oxidation sites excluding steroid dienone is 7. The molecule has 0 aromatic carbocycles. The Morgan fingerprint density at radius 3 is 2.93 bits per heavy atom. The van der Waals surface area contributed by atoms with Gasteiger partial charge in [0.2, 0.25) is 0 Å². The third-order valence-electron chi connectivity index (χ3n) is 2.08. The Balaban J connectivity index is 2.86. The molecule has 0 atom stereocenters. The lowest BCUT2D eigenvalue weighted by Crippen LogP contribution is -1.89. The summed E-state index contributed by atoms with van der Waals surface area (Å²) in [6.07, 6.45) is 12.6. The molecule has 0 radical (unpaired) electrons. The Morgan fingerprint density at radius 2 is 2.21 bits per heavy atom. The number of nitrogens with zero attached hydrogens (tertiary/aromatic N) is 1. The lowest BCUT2D eigenvalue weighted by Gasteiger charge is -2.03. The SMILES string of the molecule is C=C(C)/N=C\C1=C(C)C/C=C\C/C=C\1. The predicted molar refractivity (Wildman–Crippen MR) is 63.5 cm³/mol. The van der Waals surface area contributed by atoms with Crippen LogP contribution in [0, 0.1) is 0 Å². The molecule has 74 valence electrons. The van der Waals surface area contributed by atoms with Crippen molar-refractivity contribution in [2.75, 3.05) is 0 Å². The fourth-order valence-electron chi connectivity index (χ4n) is 1.22. The Kier molecular flexibility index (Phi) is 4.11. The summed E-state index contributed by atoms with van der Waals surface area (Å²) < 4.78 is 0. The Bertz CT molecular complexity index is 327. The van der Waals surface area contributed by atoms with E-state index in [9.17, 15) is 0 Å². The molecule has 0 bridgehead atoms. The molecule has 0 spiro atoms. The highest BCUT2D eigenvalue weighted by Gasteiger charge is 1.96. The molecule has 0 heterocycles. The van der Waals surface area contributed by atoms with E-state index in [1.165, 1.54) is 11.1 Å². The molecule has 1 rings (SSSR count). The van der Waals surface area contributed by atoms with Gasteiger partial charge in [0.1, 0.15) is 0 Å². The average Bonchev–Trinajstić information content (AvgIpc) is 2.10. The third kappa shape index (κ3) is 3.56. The van der Waals surface area contributed by atoms with E-state index in [2.05, 4.69) is 42.8 Å². The zero-order chi connectivity index (χ0) is 10.4. The van der Waals surface area contributed by atoms with Crippen LogP contribution in [0.3, 0.4) is 0 Å². The number of rotatable bonds is 2. The molecule has 14 heavy (non-hydrogen) atoms. The van der Waals surface area contributed by atoms with Crippen LogP contribution in [0.15, 0.2) is 52.7 Å². The quantitative estimate of drug-likeness (QED) is 0.460. The summed E-state index contributed by atoms with van der Waals surface area (Å²) >= 11 is 0. The summed E-state index contributed by atoms with van der Waals surface area (Å²) in [5.74, 6) is 0. The fraction of sp³-hybridized carbons (Fsp3) is 0.308. The molecule has 0 saturated heterocycles. The van der Waals surface area contributed by atoms with Crippen molar-refractivity contribution in [1.29, 1.82) is 0 Å². The highest BCUT2D eigenvalue weighted by Crippen LogP contribution is 2.12. The summed E-state index contributed by atoms with van der Waals surface area (Å²) in [5.41, 5.74) is 3.40. The van der Waals surface area contributed by atoms with Crippen LogP contribution in [0.2, 0.25) is 0 Å². The molecule has 1 aliphatic carbocycles. The molecule has 0 N–H and O–H groups in total. The first-order valence-electron chi connectivity index (χ1n) is 4.91. The molecule has 0 aromatic heterocycles. The second-order valence-corrected chi connectivity index (χ2v) is 3.54. The van der Waals surface area contributed by atoms with E-state index in [-0.39, 0.29) is 0 Å². The fourth-order valence-corrected chi connectivity index (χ4v) is 1.22. The van der Waals surface area contributed by atoms with E-state index >= 15 is 0 Å². The van der Waals surface area contributed by atoms with Gasteiger partial charge in [0, 0.05) is 11.9 Å². The maximum atomic E-state index is 4.22. The van der Waals surface area contributed by atoms with Gasteiger partial charge in [-0.25, -0.2) is 0 Å². The van der Waals surface area contributed by atoms with E-state index < -0.39 is 0 Å². The van der Waals surface area contributed by atoms with Gasteiger partial charge in [0.15, 0.2) is 0 Å². The molecule has 0 aliphatic heterocycles. The van der Waals surface area contributed by atoms with Crippen LogP contribution in [0.25, 0.3) is 0 Å². The normalized spacial score (nSPS) is 21.9. The van der Waals surface area contributed by atoms with Crippen molar-refractivity contribution in [3.63, 3.8) is 0 Å². The van der Waals surface area contributed by atoms with Gasteiger partial charge < -0.3 is 0 Å². The first-order chi connectivity index (χ1) is 6.70. The van der Waals surface area contributed by atoms with E-state index in [0.29, 0.717) is 0 Å². The van der Waals surface area contributed by atoms with E-state index in [0.717, 1.165) is 18.5 Å². The van der Waals surface area contributed by atoms with Gasteiger partial charge in [-0.2, -0.15) is 0 Å². The largest absolute Gasteiger partial charge is 0.262 e. The number of hydrogen-bond donors (Lipinski definition) is 0. The maximum absolute atomic E-state index is 4.22. The molecular weight excluding hydrogens is 170 g/mol. The zero-order valence-electron chi connectivity index (χ0n) is 8.96. The van der Waals surface area contributed by atoms with Crippen molar-refractivity contribution in [3.8, 4) is 0 Å². The van der Waals surface area contributed by atoms with Gasteiger partial charge in [0.05, 0.1) is 0 Å². The van der Waals surface area contributed by atoms with Crippen LogP contribution in [0.1, 0.15) is 26.7 Å². The van der Waals surface area contributed by atoms with E-state index in [1.807, 2.05) is 13.1 Å². The van der Waals surface area contributed by atoms with Gasteiger partial charge in [-0.05, 0) is 32.3 Å². The van der Waals surface area contributed by atoms with Crippen LogP contribution < -0.4 is 0 Å². The van der Waals surface area contributed by atoms with Crippen LogP contribution in [-0.4, -0.2) is 6.21 Å². The van der Waals surface area contributed by atoms with Crippen LogP contribution in [0.4, 0.5) is 0 Å². The molecular formula is C13H17N. The number of hydrogen-bond acceptors (Lipinski definition) is 1. The summed E-state index contributed by atoms with van der Waals surface area (Å²) in [7, 11) is 0. The van der Waals surface area contributed by atoms with E-state index in [4.69, 9.17) is 0 Å². The highest BCUT2D eigenvalue weighted by atomic mass is 14.7. The standard InChI is InChI=1S/C13H17N/c1-11(2)14-10-13-9-7-5-4-6-8-12(13)3/h4,6-7,9-10H,1,5,8H2,2-3H3/b6-4-,9-7-,13-12?,14-10-. The van der Waals surface area contributed by atoms with Crippen molar-refractivity contribution in [1.82, 2.24) is 0 Å². The van der Waals surface area contributed by atoms with Crippen molar-refractivity contribution >= 4 is 6.21 Å².